The molecule has 1 aliphatic heterocycles. The zero-order chi connectivity index (χ0) is 16.8. The molecule has 0 saturated heterocycles. The number of rotatable bonds is 2. The first-order valence-electron chi connectivity index (χ1n) is 7.44. The minimum absolute atomic E-state index is 0.0405. The quantitative estimate of drug-likeness (QED) is 0.764. The highest BCUT2D eigenvalue weighted by atomic mass is 32.2. The second kappa shape index (κ2) is 5.79. The van der Waals surface area contributed by atoms with E-state index in [1.807, 2.05) is 18.2 Å². The number of thiophene rings is 1. The number of benzene rings is 1. The van der Waals surface area contributed by atoms with Crippen LogP contribution in [0.15, 0.2) is 45.9 Å². The predicted octanol–water partition coefficient (Wildman–Crippen LogP) is 3.81. The highest BCUT2D eigenvalue weighted by Crippen LogP contribution is 2.52. The Bertz CT molecular complexity index is 936. The molecule has 0 fully saturated rings. The SMILES string of the molecule is COC(=O)C1=C(C(=O)OC)C2=Cc3sc4ccccc4c3SC2C1. The van der Waals surface area contributed by atoms with Crippen molar-refractivity contribution in [1.29, 1.82) is 0 Å². The van der Waals surface area contributed by atoms with Crippen LogP contribution < -0.4 is 0 Å². The van der Waals surface area contributed by atoms with Crippen molar-refractivity contribution in [2.45, 2.75) is 16.6 Å². The molecular weight excluding hydrogens is 344 g/mol. The van der Waals surface area contributed by atoms with Gasteiger partial charge in [-0.1, -0.05) is 18.2 Å². The molecule has 0 radical (unpaired) electrons. The number of carbonyl (C=O) groups excluding carboxylic acids is 2. The molecule has 1 aromatic heterocycles. The van der Waals surface area contributed by atoms with Crippen LogP contribution in [0.2, 0.25) is 0 Å². The Morgan fingerprint density at radius 3 is 2.62 bits per heavy atom. The van der Waals surface area contributed by atoms with Crippen molar-refractivity contribution >= 4 is 51.2 Å². The Balaban J connectivity index is 1.88. The fraction of sp³-hybridized carbons (Fsp3) is 0.222. The van der Waals surface area contributed by atoms with Gasteiger partial charge >= 0.3 is 11.9 Å². The monoisotopic (exact) mass is 358 g/mol. The summed E-state index contributed by atoms with van der Waals surface area (Å²) in [5.41, 5.74) is 1.64. The fourth-order valence-corrected chi connectivity index (χ4v) is 5.91. The maximum Gasteiger partial charge on any atom is 0.338 e. The Morgan fingerprint density at radius 1 is 1.12 bits per heavy atom. The van der Waals surface area contributed by atoms with Gasteiger partial charge in [-0.25, -0.2) is 9.59 Å². The topological polar surface area (TPSA) is 52.6 Å². The number of fused-ring (bicyclic) bond motifs is 4. The zero-order valence-corrected chi connectivity index (χ0v) is 14.8. The van der Waals surface area contributed by atoms with Crippen molar-refractivity contribution in [3.05, 3.63) is 45.9 Å². The molecule has 2 aliphatic rings. The average Bonchev–Trinajstić information content (AvgIpc) is 3.16. The lowest BCUT2D eigenvalue weighted by molar-refractivity contribution is -0.139. The van der Waals surface area contributed by atoms with Crippen molar-refractivity contribution in [3.8, 4) is 0 Å². The van der Waals surface area contributed by atoms with Gasteiger partial charge in [0.15, 0.2) is 0 Å². The van der Waals surface area contributed by atoms with Gasteiger partial charge in [0.05, 0.1) is 25.4 Å². The molecular formula is C18H14O4S2. The molecule has 0 amide bonds. The van der Waals surface area contributed by atoms with Gasteiger partial charge in [-0.05, 0) is 24.1 Å². The van der Waals surface area contributed by atoms with Crippen LogP contribution in [-0.4, -0.2) is 31.4 Å². The van der Waals surface area contributed by atoms with E-state index in [1.54, 1.807) is 23.1 Å². The largest absolute Gasteiger partial charge is 0.466 e. The summed E-state index contributed by atoms with van der Waals surface area (Å²) >= 11 is 3.41. The minimum atomic E-state index is -0.477. The van der Waals surface area contributed by atoms with Crippen LogP contribution in [0.1, 0.15) is 11.3 Å². The van der Waals surface area contributed by atoms with Gasteiger partial charge in [0.25, 0.3) is 0 Å². The first kappa shape index (κ1) is 15.5. The molecule has 2 aromatic rings. The average molecular weight is 358 g/mol. The molecule has 0 saturated carbocycles. The van der Waals surface area contributed by atoms with Gasteiger partial charge in [-0.2, -0.15) is 0 Å². The fourth-order valence-electron chi connectivity index (χ4n) is 3.20. The van der Waals surface area contributed by atoms with Gasteiger partial charge in [-0.3, -0.25) is 0 Å². The molecule has 0 spiro atoms. The summed E-state index contributed by atoms with van der Waals surface area (Å²) in [5.74, 6) is -0.936. The number of hydrogen-bond acceptors (Lipinski definition) is 6. The molecule has 1 unspecified atom stereocenters. The highest BCUT2D eigenvalue weighted by molar-refractivity contribution is 8.00. The Hall–Kier alpha value is -2.05. The van der Waals surface area contributed by atoms with E-state index < -0.39 is 11.9 Å². The number of carbonyl (C=O) groups is 2. The molecule has 4 rings (SSSR count). The number of thioether (sulfide) groups is 1. The Morgan fingerprint density at radius 2 is 1.88 bits per heavy atom. The van der Waals surface area contributed by atoms with Gasteiger partial charge in [0.2, 0.25) is 0 Å². The first-order chi connectivity index (χ1) is 11.6. The van der Waals surface area contributed by atoms with Gasteiger partial charge in [0.1, 0.15) is 0 Å². The van der Waals surface area contributed by atoms with E-state index in [4.69, 9.17) is 9.47 Å². The predicted molar refractivity (Wildman–Crippen MR) is 95.1 cm³/mol. The maximum atomic E-state index is 12.2. The van der Waals surface area contributed by atoms with E-state index in [0.717, 1.165) is 10.5 Å². The molecule has 24 heavy (non-hydrogen) atoms. The number of esters is 2. The van der Waals surface area contributed by atoms with Gasteiger partial charge in [0, 0.05) is 25.1 Å². The molecule has 1 atom stereocenters. The second-order valence-corrected chi connectivity index (χ2v) is 7.84. The maximum absolute atomic E-state index is 12.2. The summed E-state index contributed by atoms with van der Waals surface area (Å²) < 4.78 is 11.0. The van der Waals surface area contributed by atoms with Crippen molar-refractivity contribution < 1.29 is 19.1 Å². The molecule has 0 N–H and O–H groups in total. The van der Waals surface area contributed by atoms with Crippen molar-refractivity contribution in [2.24, 2.45) is 0 Å². The normalized spacial score (nSPS) is 18.9. The van der Waals surface area contributed by atoms with E-state index in [9.17, 15) is 9.59 Å². The van der Waals surface area contributed by atoms with Crippen molar-refractivity contribution in [1.82, 2.24) is 0 Å². The van der Waals surface area contributed by atoms with E-state index in [2.05, 4.69) is 12.1 Å². The molecule has 0 bridgehead atoms. The zero-order valence-electron chi connectivity index (χ0n) is 13.1. The minimum Gasteiger partial charge on any atom is -0.466 e. The molecule has 1 aromatic carbocycles. The van der Waals surface area contributed by atoms with Gasteiger partial charge < -0.3 is 9.47 Å². The van der Waals surface area contributed by atoms with E-state index in [0.29, 0.717) is 17.6 Å². The summed E-state index contributed by atoms with van der Waals surface area (Å²) in [5, 5.41) is 1.27. The summed E-state index contributed by atoms with van der Waals surface area (Å²) in [6, 6.07) is 8.27. The van der Waals surface area contributed by atoms with Crippen LogP contribution in [0, 0.1) is 0 Å². The second-order valence-electron chi connectivity index (χ2n) is 5.54. The highest BCUT2D eigenvalue weighted by Gasteiger charge is 2.40. The molecule has 1 aliphatic carbocycles. The standard InChI is InChI=1S/C18H14O4S2/c1-21-17(19)11-8-13-10(15(11)18(20)22-2)7-14-16(24-13)9-5-3-4-6-12(9)23-14/h3-7,13H,8H2,1-2H3. The lowest BCUT2D eigenvalue weighted by Gasteiger charge is -2.18. The molecule has 122 valence electrons. The van der Waals surface area contributed by atoms with Crippen LogP contribution >= 0.6 is 23.1 Å². The summed E-state index contributed by atoms with van der Waals surface area (Å²) in [4.78, 5) is 26.7. The Kier molecular flexibility index (Phi) is 3.73. The van der Waals surface area contributed by atoms with Gasteiger partial charge in [-0.15, -0.1) is 23.1 Å². The summed E-state index contributed by atoms with van der Waals surface area (Å²) in [6.07, 6.45) is 2.51. The summed E-state index contributed by atoms with van der Waals surface area (Å²) in [6.45, 7) is 0. The van der Waals surface area contributed by atoms with E-state index >= 15 is 0 Å². The van der Waals surface area contributed by atoms with Crippen LogP contribution in [0.3, 0.4) is 0 Å². The third-order valence-corrected chi connectivity index (χ3v) is 6.90. The molecule has 4 nitrogen and oxygen atoms in total. The number of ether oxygens (including phenoxy) is 2. The van der Waals surface area contributed by atoms with Crippen LogP contribution in [0.4, 0.5) is 0 Å². The first-order valence-corrected chi connectivity index (χ1v) is 9.13. The van der Waals surface area contributed by atoms with Crippen molar-refractivity contribution in [2.75, 3.05) is 14.2 Å². The lowest BCUT2D eigenvalue weighted by atomic mass is 10.1. The van der Waals surface area contributed by atoms with Crippen LogP contribution in [-0.2, 0) is 19.1 Å². The van der Waals surface area contributed by atoms with Crippen LogP contribution in [0.5, 0.6) is 0 Å². The Labute approximate surface area is 147 Å². The third-order valence-electron chi connectivity index (χ3n) is 4.27. The van der Waals surface area contributed by atoms with Crippen molar-refractivity contribution in [3.63, 3.8) is 0 Å². The summed E-state index contributed by atoms with van der Waals surface area (Å²) in [7, 11) is 2.66. The lowest BCUT2D eigenvalue weighted by Crippen LogP contribution is -2.12. The number of hydrogen-bond donors (Lipinski definition) is 0. The van der Waals surface area contributed by atoms with Crippen LogP contribution in [0.25, 0.3) is 16.2 Å². The van der Waals surface area contributed by atoms with E-state index in [-0.39, 0.29) is 5.25 Å². The smallest absolute Gasteiger partial charge is 0.338 e. The third kappa shape index (κ3) is 2.21. The van der Waals surface area contributed by atoms with E-state index in [1.165, 1.54) is 29.2 Å². The molecule has 6 heteroatoms. The number of methoxy groups -OCH3 is 2. The molecule has 2 heterocycles.